The highest BCUT2D eigenvalue weighted by atomic mass is 35.5. The molecule has 0 saturated heterocycles. The average molecular weight is 171 g/mol. The summed E-state index contributed by atoms with van der Waals surface area (Å²) >= 11 is 5.64. The quantitative estimate of drug-likeness (QED) is 0.692. The normalized spacial score (nSPS) is 10.0. The van der Waals surface area contributed by atoms with Crippen LogP contribution in [0.15, 0.2) is 12.3 Å². The van der Waals surface area contributed by atoms with E-state index in [4.69, 9.17) is 17.3 Å². The highest BCUT2D eigenvalue weighted by Gasteiger charge is 1.97. The lowest BCUT2D eigenvalue weighted by molar-refractivity contribution is 0.914. The summed E-state index contributed by atoms with van der Waals surface area (Å²) in [6.07, 6.45) is 3.87. The lowest BCUT2D eigenvalue weighted by atomic mass is 10.2. The average Bonchev–Trinajstić information content (AvgIpc) is 1.98. The predicted molar refractivity (Wildman–Crippen MR) is 47.7 cm³/mol. The van der Waals surface area contributed by atoms with Crippen molar-refractivity contribution in [1.29, 1.82) is 0 Å². The molecule has 2 nitrogen and oxygen atoms in total. The van der Waals surface area contributed by atoms with Gasteiger partial charge in [0.05, 0.1) is 5.69 Å². The number of nitrogens with zero attached hydrogens (tertiary/aromatic N) is 1. The van der Waals surface area contributed by atoms with Crippen LogP contribution in [0.4, 0.5) is 5.69 Å². The molecule has 1 aromatic heterocycles. The number of halogens is 1. The Labute approximate surface area is 71.4 Å². The number of aromatic nitrogens is 1. The largest absolute Gasteiger partial charge is 0.396 e. The van der Waals surface area contributed by atoms with Crippen LogP contribution in [0.5, 0.6) is 0 Å². The number of nitrogens with two attached hydrogens (primary N) is 1. The summed E-state index contributed by atoms with van der Waals surface area (Å²) in [5.41, 5.74) is 7.27. The summed E-state index contributed by atoms with van der Waals surface area (Å²) in [5.74, 6) is 0. The minimum atomic E-state index is 0.393. The van der Waals surface area contributed by atoms with Crippen molar-refractivity contribution in [3.8, 4) is 0 Å². The number of nitrogen functional groups attached to an aromatic ring is 1. The Hall–Kier alpha value is -0.760. The van der Waals surface area contributed by atoms with E-state index < -0.39 is 0 Å². The van der Waals surface area contributed by atoms with E-state index in [1.54, 1.807) is 6.20 Å². The van der Waals surface area contributed by atoms with E-state index in [0.717, 1.165) is 18.4 Å². The Kier molecular flexibility index (Phi) is 2.71. The molecule has 0 aliphatic carbocycles. The molecule has 0 radical (unpaired) electrons. The van der Waals surface area contributed by atoms with Gasteiger partial charge >= 0.3 is 0 Å². The Morgan fingerprint density at radius 1 is 1.64 bits per heavy atom. The zero-order valence-corrected chi connectivity index (χ0v) is 7.23. The summed E-state index contributed by atoms with van der Waals surface area (Å²) in [4.78, 5) is 3.94. The van der Waals surface area contributed by atoms with Gasteiger partial charge in [-0.3, -0.25) is 0 Å². The van der Waals surface area contributed by atoms with Crippen molar-refractivity contribution in [2.45, 2.75) is 19.8 Å². The molecule has 1 rings (SSSR count). The molecule has 3 heteroatoms. The SMILES string of the molecule is CCCc1cnc(Cl)c(N)c1. The van der Waals surface area contributed by atoms with Crippen LogP contribution < -0.4 is 5.73 Å². The summed E-state index contributed by atoms with van der Waals surface area (Å²) in [7, 11) is 0. The Balaban J connectivity index is 2.86. The number of anilines is 1. The first-order valence-electron chi connectivity index (χ1n) is 3.64. The van der Waals surface area contributed by atoms with E-state index in [-0.39, 0.29) is 0 Å². The number of hydrogen-bond donors (Lipinski definition) is 1. The highest BCUT2D eigenvalue weighted by molar-refractivity contribution is 6.31. The molecule has 2 N–H and O–H groups in total. The third-order valence-corrected chi connectivity index (χ3v) is 1.78. The number of aryl methyl sites for hydroxylation is 1. The van der Waals surface area contributed by atoms with E-state index in [1.807, 2.05) is 6.07 Å². The van der Waals surface area contributed by atoms with E-state index in [2.05, 4.69) is 11.9 Å². The van der Waals surface area contributed by atoms with Gasteiger partial charge in [-0.05, 0) is 18.1 Å². The molecule has 60 valence electrons. The zero-order chi connectivity index (χ0) is 8.27. The van der Waals surface area contributed by atoms with Crippen molar-refractivity contribution < 1.29 is 0 Å². The Bertz CT molecular complexity index is 248. The van der Waals surface area contributed by atoms with Gasteiger partial charge in [0.1, 0.15) is 0 Å². The smallest absolute Gasteiger partial charge is 0.151 e. The van der Waals surface area contributed by atoms with E-state index in [9.17, 15) is 0 Å². The molecule has 1 aromatic rings. The third-order valence-electron chi connectivity index (χ3n) is 1.46. The second-order valence-electron chi connectivity index (χ2n) is 2.47. The van der Waals surface area contributed by atoms with Crippen molar-refractivity contribution >= 4 is 17.3 Å². The maximum atomic E-state index is 5.64. The summed E-state index contributed by atoms with van der Waals surface area (Å²) in [5, 5.41) is 0.393. The van der Waals surface area contributed by atoms with Crippen molar-refractivity contribution in [1.82, 2.24) is 4.98 Å². The van der Waals surface area contributed by atoms with Gasteiger partial charge in [0, 0.05) is 6.20 Å². The van der Waals surface area contributed by atoms with Crippen LogP contribution in [0.3, 0.4) is 0 Å². The first kappa shape index (κ1) is 8.34. The summed E-state index contributed by atoms with van der Waals surface area (Å²) in [6.45, 7) is 2.12. The zero-order valence-electron chi connectivity index (χ0n) is 6.47. The molecule has 0 amide bonds. The summed E-state index contributed by atoms with van der Waals surface area (Å²) in [6, 6.07) is 1.87. The Morgan fingerprint density at radius 3 is 2.91 bits per heavy atom. The molecular weight excluding hydrogens is 160 g/mol. The second-order valence-corrected chi connectivity index (χ2v) is 2.83. The minimum Gasteiger partial charge on any atom is -0.396 e. The maximum absolute atomic E-state index is 5.64. The van der Waals surface area contributed by atoms with Gasteiger partial charge in [-0.2, -0.15) is 0 Å². The molecule has 0 saturated carbocycles. The highest BCUT2D eigenvalue weighted by Crippen LogP contribution is 2.16. The predicted octanol–water partition coefficient (Wildman–Crippen LogP) is 2.27. The van der Waals surface area contributed by atoms with Gasteiger partial charge < -0.3 is 5.73 Å². The fourth-order valence-corrected chi connectivity index (χ4v) is 1.04. The lowest BCUT2D eigenvalue weighted by Crippen LogP contribution is -1.92. The first-order valence-corrected chi connectivity index (χ1v) is 4.01. The molecule has 11 heavy (non-hydrogen) atoms. The lowest BCUT2D eigenvalue weighted by Gasteiger charge is -2.00. The molecule has 0 fully saturated rings. The number of rotatable bonds is 2. The molecule has 0 aliphatic rings. The first-order chi connectivity index (χ1) is 5.24. The molecule has 1 heterocycles. The van der Waals surface area contributed by atoms with Crippen molar-refractivity contribution in [2.75, 3.05) is 5.73 Å². The van der Waals surface area contributed by atoms with Crippen molar-refractivity contribution in [3.05, 3.63) is 23.0 Å². The van der Waals surface area contributed by atoms with Crippen LogP contribution in [-0.2, 0) is 6.42 Å². The maximum Gasteiger partial charge on any atom is 0.151 e. The molecule has 0 aromatic carbocycles. The minimum absolute atomic E-state index is 0.393. The number of pyridine rings is 1. The van der Waals surface area contributed by atoms with Crippen LogP contribution in [0.2, 0.25) is 5.15 Å². The van der Waals surface area contributed by atoms with Crippen molar-refractivity contribution in [2.24, 2.45) is 0 Å². The molecule has 0 spiro atoms. The van der Waals surface area contributed by atoms with Crippen LogP contribution >= 0.6 is 11.6 Å². The fraction of sp³-hybridized carbons (Fsp3) is 0.375. The van der Waals surface area contributed by atoms with Crippen LogP contribution in [0.25, 0.3) is 0 Å². The molecule has 0 aliphatic heterocycles. The van der Waals surface area contributed by atoms with E-state index in [0.29, 0.717) is 10.8 Å². The summed E-state index contributed by atoms with van der Waals surface area (Å²) < 4.78 is 0. The monoisotopic (exact) mass is 170 g/mol. The van der Waals surface area contributed by atoms with Gasteiger partial charge in [-0.1, -0.05) is 24.9 Å². The molecular formula is C8H11ClN2. The topological polar surface area (TPSA) is 38.9 Å². The van der Waals surface area contributed by atoms with Gasteiger partial charge in [-0.15, -0.1) is 0 Å². The number of hydrogen-bond acceptors (Lipinski definition) is 2. The molecule has 0 atom stereocenters. The van der Waals surface area contributed by atoms with Gasteiger partial charge in [0.25, 0.3) is 0 Å². The standard InChI is InChI=1S/C8H11ClN2/c1-2-3-6-4-7(10)8(9)11-5-6/h4-5H,2-3,10H2,1H3. The van der Waals surface area contributed by atoms with Crippen LogP contribution in [-0.4, -0.2) is 4.98 Å². The van der Waals surface area contributed by atoms with E-state index >= 15 is 0 Å². The van der Waals surface area contributed by atoms with Crippen molar-refractivity contribution in [3.63, 3.8) is 0 Å². The van der Waals surface area contributed by atoms with Gasteiger partial charge in [0.2, 0.25) is 0 Å². The fourth-order valence-electron chi connectivity index (χ4n) is 0.936. The molecule has 0 bridgehead atoms. The molecule has 0 unspecified atom stereocenters. The van der Waals surface area contributed by atoms with E-state index in [1.165, 1.54) is 0 Å². The third kappa shape index (κ3) is 2.09. The van der Waals surface area contributed by atoms with Crippen LogP contribution in [0, 0.1) is 0 Å². The second kappa shape index (κ2) is 3.58. The van der Waals surface area contributed by atoms with Gasteiger partial charge in [0.15, 0.2) is 5.15 Å². The Morgan fingerprint density at radius 2 is 2.36 bits per heavy atom. The van der Waals surface area contributed by atoms with Gasteiger partial charge in [-0.25, -0.2) is 4.98 Å². The van der Waals surface area contributed by atoms with Crippen LogP contribution in [0.1, 0.15) is 18.9 Å².